The number of halogens is 11. The molecule has 2 radical (unpaired) electrons. The Hall–Kier alpha value is -2.62. The van der Waals surface area contributed by atoms with Gasteiger partial charge in [-0.05, 0) is 16.8 Å². The van der Waals surface area contributed by atoms with Crippen LogP contribution >= 0.6 is 9.24 Å². The van der Waals surface area contributed by atoms with Crippen molar-refractivity contribution in [3.63, 3.8) is 0 Å². The predicted octanol–water partition coefficient (Wildman–Crippen LogP) is 4.84. The zero-order valence-corrected chi connectivity index (χ0v) is 15.5. The molecule has 160 valence electrons. The van der Waals surface area contributed by atoms with Crippen LogP contribution in [-0.4, -0.2) is 7.85 Å². The lowest BCUT2D eigenvalue weighted by Crippen LogP contribution is -2.21. The maximum atomic E-state index is 15.1. The fourth-order valence-electron chi connectivity index (χ4n) is 2.82. The fraction of sp³-hybridized carbons (Fsp3) is 0. The summed E-state index contributed by atoms with van der Waals surface area (Å²) >= 11 is 0. The van der Waals surface area contributed by atoms with E-state index in [9.17, 15) is 43.9 Å². The lowest BCUT2D eigenvalue weighted by atomic mass is 9.88. The van der Waals surface area contributed by atoms with Crippen molar-refractivity contribution in [1.29, 1.82) is 0 Å². The highest BCUT2D eigenvalue weighted by molar-refractivity contribution is 7.28. The molecule has 0 aliphatic carbocycles. The van der Waals surface area contributed by atoms with Gasteiger partial charge < -0.3 is 0 Å². The van der Waals surface area contributed by atoms with E-state index in [2.05, 4.69) is 0 Å². The van der Waals surface area contributed by atoms with Crippen LogP contribution in [0.25, 0.3) is 22.3 Å². The van der Waals surface area contributed by atoms with Crippen molar-refractivity contribution >= 4 is 27.9 Å². The van der Waals surface area contributed by atoms with Crippen molar-refractivity contribution in [3.05, 3.63) is 70.1 Å². The van der Waals surface area contributed by atoms with Gasteiger partial charge in [0.15, 0.2) is 40.7 Å². The highest BCUT2D eigenvalue weighted by atomic mass is 31.0. The Balaban J connectivity index is 2.52. The zero-order valence-electron chi connectivity index (χ0n) is 14.4. The van der Waals surface area contributed by atoms with E-state index >= 15 is 4.39 Å². The molecule has 0 heterocycles. The predicted molar refractivity (Wildman–Crippen MR) is 91.6 cm³/mol. The van der Waals surface area contributed by atoms with Crippen LogP contribution in [0.2, 0.25) is 0 Å². The molecular formula is C18H3BF11P. The molecule has 0 aromatic heterocycles. The normalized spacial score (nSPS) is 11.4. The summed E-state index contributed by atoms with van der Waals surface area (Å²) < 4.78 is 154. The fourth-order valence-corrected chi connectivity index (χ4v) is 3.23. The van der Waals surface area contributed by atoms with Crippen molar-refractivity contribution in [2.75, 3.05) is 0 Å². The topological polar surface area (TPSA) is 0 Å². The smallest absolute Gasteiger partial charge is 0.200 e. The van der Waals surface area contributed by atoms with Crippen LogP contribution in [0.3, 0.4) is 0 Å². The molecule has 1 unspecified atom stereocenters. The lowest BCUT2D eigenvalue weighted by Gasteiger charge is -2.17. The summed E-state index contributed by atoms with van der Waals surface area (Å²) in [6, 6.07) is 0.201. The quantitative estimate of drug-likeness (QED) is 0.165. The minimum atomic E-state index is -2.59. The molecule has 0 fully saturated rings. The molecule has 13 heteroatoms. The number of rotatable bonds is 2. The van der Waals surface area contributed by atoms with Crippen molar-refractivity contribution in [3.8, 4) is 22.3 Å². The second-order valence-electron chi connectivity index (χ2n) is 6.00. The summed E-state index contributed by atoms with van der Waals surface area (Å²) in [7, 11) is 6.44. The van der Waals surface area contributed by atoms with E-state index in [1.165, 1.54) is 9.24 Å². The molecule has 0 aliphatic heterocycles. The largest absolute Gasteiger partial charge is 0.207 e. The Morgan fingerprint density at radius 3 is 1.32 bits per heavy atom. The van der Waals surface area contributed by atoms with Gasteiger partial charge in [0.25, 0.3) is 0 Å². The highest BCUT2D eigenvalue weighted by Crippen LogP contribution is 2.39. The van der Waals surface area contributed by atoms with Crippen LogP contribution < -0.4 is 10.8 Å². The molecule has 3 aromatic rings. The van der Waals surface area contributed by atoms with Crippen molar-refractivity contribution in [1.82, 2.24) is 0 Å². The van der Waals surface area contributed by atoms with E-state index in [4.69, 9.17) is 7.85 Å². The summed E-state index contributed by atoms with van der Waals surface area (Å²) in [5.74, 6) is -26.0. The summed E-state index contributed by atoms with van der Waals surface area (Å²) in [6.45, 7) is 0. The third-order valence-corrected chi connectivity index (χ3v) is 4.71. The first kappa shape index (κ1) is 23.1. The maximum absolute atomic E-state index is 15.1. The van der Waals surface area contributed by atoms with E-state index in [0.717, 1.165) is 0 Å². The van der Waals surface area contributed by atoms with Crippen LogP contribution in [0.5, 0.6) is 0 Å². The molecule has 0 aliphatic rings. The van der Waals surface area contributed by atoms with Crippen LogP contribution in [0.1, 0.15) is 0 Å². The van der Waals surface area contributed by atoms with Crippen LogP contribution in [0, 0.1) is 64.0 Å². The molecule has 1 atom stereocenters. The first-order chi connectivity index (χ1) is 14.3. The molecule has 0 nitrogen and oxygen atoms in total. The van der Waals surface area contributed by atoms with Gasteiger partial charge in [-0.1, -0.05) is 0 Å². The van der Waals surface area contributed by atoms with Gasteiger partial charge in [0.2, 0.25) is 5.82 Å². The SMILES string of the molecule is [B]c1c(F)c(F)c(F)c(-c2c(F)cc(P)c(-c3c(F)c(F)c(F)c(F)c3F)c2F)c1F. The van der Waals surface area contributed by atoms with E-state index in [0.29, 0.717) is 0 Å². The van der Waals surface area contributed by atoms with Crippen molar-refractivity contribution < 1.29 is 48.3 Å². The minimum Gasteiger partial charge on any atom is -0.207 e. The average molecular weight is 470 g/mol. The summed E-state index contributed by atoms with van der Waals surface area (Å²) in [5.41, 5.74) is -8.81. The van der Waals surface area contributed by atoms with Crippen molar-refractivity contribution in [2.24, 2.45) is 0 Å². The van der Waals surface area contributed by atoms with Crippen LogP contribution in [-0.2, 0) is 0 Å². The lowest BCUT2D eigenvalue weighted by molar-refractivity contribution is 0.381. The van der Waals surface area contributed by atoms with Gasteiger partial charge in [0, 0.05) is 5.56 Å². The zero-order chi connectivity index (χ0) is 23.5. The number of hydrogen-bond acceptors (Lipinski definition) is 0. The highest BCUT2D eigenvalue weighted by Gasteiger charge is 2.33. The Bertz CT molecular complexity index is 1120. The van der Waals surface area contributed by atoms with Crippen LogP contribution in [0.4, 0.5) is 48.3 Å². The molecule has 0 spiro atoms. The molecule has 3 aromatic carbocycles. The molecule has 0 saturated heterocycles. The van der Waals surface area contributed by atoms with Crippen LogP contribution in [0.15, 0.2) is 6.07 Å². The van der Waals surface area contributed by atoms with E-state index in [1.807, 2.05) is 0 Å². The monoisotopic (exact) mass is 470 g/mol. The second-order valence-corrected chi connectivity index (χ2v) is 6.62. The molecule has 31 heavy (non-hydrogen) atoms. The molecule has 0 N–H and O–H groups in total. The Morgan fingerprint density at radius 1 is 0.452 bits per heavy atom. The third kappa shape index (κ3) is 3.28. The molecular weight excluding hydrogens is 467 g/mol. The first-order valence-electron chi connectivity index (χ1n) is 7.73. The standard InChI is InChI=1S/C18H3BF11P/c19-8-10(22)6(11(23)15(27)14(8)26)4-2(20)1-3(31)5(9(4)21)7-12(24)16(28)18(30)17(29)13(7)25/h1H,31H2. The summed E-state index contributed by atoms with van der Waals surface area (Å²) in [4.78, 5) is 0. The Morgan fingerprint density at radius 2 is 0.839 bits per heavy atom. The third-order valence-electron chi connectivity index (χ3n) is 4.26. The maximum Gasteiger partial charge on any atom is 0.200 e. The first-order valence-corrected chi connectivity index (χ1v) is 8.31. The van der Waals surface area contributed by atoms with Gasteiger partial charge >= 0.3 is 0 Å². The average Bonchev–Trinajstić information content (AvgIpc) is 2.72. The molecule has 0 amide bonds. The van der Waals surface area contributed by atoms with Gasteiger partial charge in [-0.2, -0.15) is 0 Å². The molecule has 0 saturated carbocycles. The Labute approximate surface area is 169 Å². The van der Waals surface area contributed by atoms with Gasteiger partial charge in [0.05, 0.1) is 16.7 Å². The van der Waals surface area contributed by atoms with Crippen molar-refractivity contribution in [2.45, 2.75) is 0 Å². The number of hydrogen-bond donors (Lipinski definition) is 0. The molecule has 3 rings (SSSR count). The Kier molecular flexibility index (Phi) is 5.81. The van der Waals surface area contributed by atoms with Gasteiger partial charge in [-0.25, -0.2) is 48.3 Å². The molecule has 0 bridgehead atoms. The van der Waals surface area contributed by atoms with Gasteiger partial charge in [-0.15, -0.1) is 9.24 Å². The van der Waals surface area contributed by atoms with E-state index in [1.54, 1.807) is 0 Å². The summed E-state index contributed by atoms with van der Waals surface area (Å²) in [5, 5.41) is -0.835. The van der Waals surface area contributed by atoms with Gasteiger partial charge in [-0.3, -0.25) is 0 Å². The van der Waals surface area contributed by atoms with E-state index < -0.39 is 97.0 Å². The second kappa shape index (κ2) is 7.82. The summed E-state index contributed by atoms with van der Waals surface area (Å²) in [6.07, 6.45) is 0. The minimum absolute atomic E-state index is 0.201. The number of benzene rings is 3. The van der Waals surface area contributed by atoms with E-state index in [-0.39, 0.29) is 6.07 Å². The van der Waals surface area contributed by atoms with Gasteiger partial charge in [0.1, 0.15) is 25.3 Å².